The highest BCUT2D eigenvalue weighted by atomic mass is 35.5. The molecule has 0 aliphatic carbocycles. The first kappa shape index (κ1) is 15.5. The fourth-order valence-corrected chi connectivity index (χ4v) is 1.93. The number of halogens is 1. The van der Waals surface area contributed by atoms with Crippen molar-refractivity contribution in [3.05, 3.63) is 34.9 Å². The zero-order chi connectivity index (χ0) is 11.3. The van der Waals surface area contributed by atoms with Crippen LogP contribution in [0.1, 0.15) is 55.3 Å². The summed E-state index contributed by atoms with van der Waals surface area (Å²) < 4.78 is 0. The van der Waals surface area contributed by atoms with Crippen LogP contribution in [-0.4, -0.2) is 0 Å². The highest BCUT2D eigenvalue weighted by Gasteiger charge is 2.08. The standard InChI is InChI=1S/C14H23N.ClH/c1-4-5-6-7-14(15)13-10-11(2)8-9-12(13)3;/h8-10,14H,4-7,15H2,1-3H3;1H/t14-;/m1./s1. The van der Waals surface area contributed by atoms with E-state index in [1.165, 1.54) is 36.0 Å². The summed E-state index contributed by atoms with van der Waals surface area (Å²) in [6, 6.07) is 6.77. The van der Waals surface area contributed by atoms with Gasteiger partial charge in [-0.3, -0.25) is 0 Å². The average molecular weight is 242 g/mol. The van der Waals surface area contributed by atoms with Crippen LogP contribution in [-0.2, 0) is 0 Å². The summed E-state index contributed by atoms with van der Waals surface area (Å²) in [5.41, 5.74) is 10.2. The van der Waals surface area contributed by atoms with E-state index in [9.17, 15) is 0 Å². The number of unbranched alkanes of at least 4 members (excludes halogenated alkanes) is 2. The fraction of sp³-hybridized carbons (Fsp3) is 0.571. The van der Waals surface area contributed by atoms with Crippen molar-refractivity contribution in [1.82, 2.24) is 0 Å². The summed E-state index contributed by atoms with van der Waals surface area (Å²) in [5.74, 6) is 0. The lowest BCUT2D eigenvalue weighted by atomic mass is 9.96. The van der Waals surface area contributed by atoms with Gasteiger partial charge in [0.05, 0.1) is 0 Å². The molecule has 0 amide bonds. The number of rotatable bonds is 5. The predicted molar refractivity (Wildman–Crippen MR) is 74.2 cm³/mol. The van der Waals surface area contributed by atoms with Crippen LogP contribution in [0, 0.1) is 13.8 Å². The van der Waals surface area contributed by atoms with Gasteiger partial charge in [0.2, 0.25) is 0 Å². The molecule has 16 heavy (non-hydrogen) atoms. The van der Waals surface area contributed by atoms with Gasteiger partial charge >= 0.3 is 0 Å². The quantitative estimate of drug-likeness (QED) is 0.764. The van der Waals surface area contributed by atoms with Gasteiger partial charge in [0.15, 0.2) is 0 Å². The summed E-state index contributed by atoms with van der Waals surface area (Å²) >= 11 is 0. The lowest BCUT2D eigenvalue weighted by Crippen LogP contribution is -2.11. The molecule has 0 radical (unpaired) electrons. The Labute approximate surface area is 106 Å². The van der Waals surface area contributed by atoms with E-state index in [1.807, 2.05) is 0 Å². The maximum atomic E-state index is 6.21. The SMILES string of the molecule is CCCCC[C@@H](N)c1cc(C)ccc1C.Cl. The molecule has 92 valence electrons. The van der Waals surface area contributed by atoms with Crippen molar-refractivity contribution in [2.45, 2.75) is 52.5 Å². The number of hydrogen-bond acceptors (Lipinski definition) is 1. The van der Waals surface area contributed by atoms with E-state index in [2.05, 4.69) is 39.0 Å². The van der Waals surface area contributed by atoms with Gasteiger partial charge in [0, 0.05) is 6.04 Å². The molecule has 0 aliphatic heterocycles. The fourth-order valence-electron chi connectivity index (χ4n) is 1.93. The molecule has 2 heteroatoms. The molecule has 0 aliphatic rings. The molecule has 0 aromatic heterocycles. The molecule has 0 saturated heterocycles. The van der Waals surface area contributed by atoms with Gasteiger partial charge in [-0.15, -0.1) is 12.4 Å². The van der Waals surface area contributed by atoms with Crippen LogP contribution in [0.4, 0.5) is 0 Å². The Hall–Kier alpha value is -0.530. The average Bonchev–Trinajstić information content (AvgIpc) is 2.22. The molecule has 0 saturated carbocycles. The maximum Gasteiger partial charge on any atom is 0.0297 e. The molecule has 1 rings (SSSR count). The minimum absolute atomic E-state index is 0. The zero-order valence-corrected chi connectivity index (χ0v) is 11.4. The van der Waals surface area contributed by atoms with Crippen LogP contribution in [0.15, 0.2) is 18.2 Å². The minimum atomic E-state index is 0. The Kier molecular flexibility index (Phi) is 7.44. The largest absolute Gasteiger partial charge is 0.324 e. The van der Waals surface area contributed by atoms with Crippen molar-refractivity contribution in [2.75, 3.05) is 0 Å². The molecule has 1 aromatic rings. The summed E-state index contributed by atoms with van der Waals surface area (Å²) in [4.78, 5) is 0. The van der Waals surface area contributed by atoms with Crippen LogP contribution >= 0.6 is 12.4 Å². The van der Waals surface area contributed by atoms with Gasteiger partial charge in [0.1, 0.15) is 0 Å². The van der Waals surface area contributed by atoms with E-state index in [4.69, 9.17) is 5.73 Å². The molecule has 1 aromatic carbocycles. The number of nitrogens with two attached hydrogens (primary N) is 1. The Morgan fingerprint density at radius 1 is 1.19 bits per heavy atom. The lowest BCUT2D eigenvalue weighted by molar-refractivity contribution is 0.579. The molecule has 0 heterocycles. The molecule has 0 bridgehead atoms. The normalized spacial score (nSPS) is 12.0. The van der Waals surface area contributed by atoms with Gasteiger partial charge < -0.3 is 5.73 Å². The lowest BCUT2D eigenvalue weighted by Gasteiger charge is -2.15. The van der Waals surface area contributed by atoms with Crippen molar-refractivity contribution in [2.24, 2.45) is 5.73 Å². The van der Waals surface area contributed by atoms with E-state index in [-0.39, 0.29) is 18.4 Å². The highest BCUT2D eigenvalue weighted by Crippen LogP contribution is 2.21. The van der Waals surface area contributed by atoms with E-state index >= 15 is 0 Å². The van der Waals surface area contributed by atoms with Crippen molar-refractivity contribution in [1.29, 1.82) is 0 Å². The molecule has 1 nitrogen and oxygen atoms in total. The van der Waals surface area contributed by atoms with Gasteiger partial charge in [-0.25, -0.2) is 0 Å². The van der Waals surface area contributed by atoms with Gasteiger partial charge in [-0.1, -0.05) is 49.9 Å². The van der Waals surface area contributed by atoms with Gasteiger partial charge in [0.25, 0.3) is 0 Å². The second-order valence-electron chi connectivity index (χ2n) is 4.46. The zero-order valence-electron chi connectivity index (χ0n) is 10.6. The van der Waals surface area contributed by atoms with E-state index in [0.717, 1.165) is 6.42 Å². The summed E-state index contributed by atoms with van der Waals surface area (Å²) in [5, 5.41) is 0. The van der Waals surface area contributed by atoms with Crippen molar-refractivity contribution >= 4 is 12.4 Å². The third-order valence-corrected chi connectivity index (χ3v) is 2.95. The molecule has 0 unspecified atom stereocenters. The van der Waals surface area contributed by atoms with Crippen molar-refractivity contribution in [3.8, 4) is 0 Å². The van der Waals surface area contributed by atoms with Crippen LogP contribution in [0.3, 0.4) is 0 Å². The summed E-state index contributed by atoms with van der Waals surface area (Å²) in [6.07, 6.45) is 4.90. The Balaban J connectivity index is 0.00000225. The third-order valence-electron chi connectivity index (χ3n) is 2.95. The van der Waals surface area contributed by atoms with E-state index in [0.29, 0.717) is 0 Å². The number of benzene rings is 1. The predicted octanol–water partition coefficient (Wildman–Crippen LogP) is 4.31. The third kappa shape index (κ3) is 4.54. The highest BCUT2D eigenvalue weighted by molar-refractivity contribution is 5.85. The Morgan fingerprint density at radius 2 is 1.88 bits per heavy atom. The minimum Gasteiger partial charge on any atom is -0.324 e. The van der Waals surface area contributed by atoms with Crippen LogP contribution in [0.2, 0.25) is 0 Å². The smallest absolute Gasteiger partial charge is 0.0297 e. The molecule has 2 N–H and O–H groups in total. The number of aryl methyl sites for hydroxylation is 2. The molecular formula is C14H24ClN. The second-order valence-corrected chi connectivity index (χ2v) is 4.46. The molecular weight excluding hydrogens is 218 g/mol. The topological polar surface area (TPSA) is 26.0 Å². The van der Waals surface area contributed by atoms with Gasteiger partial charge in [-0.05, 0) is 31.4 Å². The first-order valence-electron chi connectivity index (χ1n) is 5.98. The summed E-state index contributed by atoms with van der Waals surface area (Å²) in [6.45, 7) is 6.50. The molecule has 0 fully saturated rings. The number of hydrogen-bond donors (Lipinski definition) is 1. The van der Waals surface area contributed by atoms with E-state index < -0.39 is 0 Å². The maximum absolute atomic E-state index is 6.21. The van der Waals surface area contributed by atoms with Crippen LogP contribution in [0.5, 0.6) is 0 Å². The monoisotopic (exact) mass is 241 g/mol. The summed E-state index contributed by atoms with van der Waals surface area (Å²) in [7, 11) is 0. The van der Waals surface area contributed by atoms with Crippen molar-refractivity contribution < 1.29 is 0 Å². The second kappa shape index (κ2) is 7.70. The van der Waals surface area contributed by atoms with Crippen LogP contribution < -0.4 is 5.73 Å². The van der Waals surface area contributed by atoms with Crippen LogP contribution in [0.25, 0.3) is 0 Å². The Morgan fingerprint density at radius 3 is 2.50 bits per heavy atom. The first-order chi connectivity index (χ1) is 7.15. The van der Waals surface area contributed by atoms with Crippen molar-refractivity contribution in [3.63, 3.8) is 0 Å². The van der Waals surface area contributed by atoms with Gasteiger partial charge in [-0.2, -0.15) is 0 Å². The Bertz CT molecular complexity index is 310. The first-order valence-corrected chi connectivity index (χ1v) is 5.98. The van der Waals surface area contributed by atoms with E-state index in [1.54, 1.807) is 0 Å². The molecule has 0 spiro atoms. The molecule has 1 atom stereocenters.